The third-order valence-electron chi connectivity index (χ3n) is 3.64. The number of methoxy groups -OCH3 is 1. The van der Waals surface area contributed by atoms with Gasteiger partial charge in [0, 0.05) is 5.56 Å². The Balaban J connectivity index is 2.04. The van der Waals surface area contributed by atoms with Crippen LogP contribution in [-0.4, -0.2) is 13.7 Å². The topological polar surface area (TPSA) is 18.5 Å². The van der Waals surface area contributed by atoms with E-state index in [1.54, 1.807) is 7.11 Å². The Hall–Kier alpha value is -1.44. The van der Waals surface area contributed by atoms with Crippen LogP contribution in [0.2, 0.25) is 0 Å². The second-order valence-corrected chi connectivity index (χ2v) is 4.90. The van der Waals surface area contributed by atoms with Crippen molar-refractivity contribution in [2.24, 2.45) is 5.92 Å². The molecule has 0 radical (unpaired) electrons. The van der Waals surface area contributed by atoms with E-state index < -0.39 is 0 Å². The minimum absolute atomic E-state index is 0.696. The molecule has 0 saturated heterocycles. The van der Waals surface area contributed by atoms with Gasteiger partial charge in [0.1, 0.15) is 0 Å². The standard InChI is InChI=1S/C16H22O2/c1-3-14-10-7-11-15(17-2)16(14)18-12-13-8-5-4-6-9-13/h3,7,10-11,13H,1,4-6,8-9,12H2,2H3. The maximum atomic E-state index is 5.99. The summed E-state index contributed by atoms with van der Waals surface area (Å²) in [5, 5.41) is 0. The van der Waals surface area contributed by atoms with Gasteiger partial charge in [0.25, 0.3) is 0 Å². The predicted molar refractivity (Wildman–Crippen MR) is 75.2 cm³/mol. The average Bonchev–Trinajstić information content (AvgIpc) is 2.45. The van der Waals surface area contributed by atoms with Gasteiger partial charge in [0.15, 0.2) is 11.5 Å². The van der Waals surface area contributed by atoms with Crippen LogP contribution in [0.25, 0.3) is 6.08 Å². The maximum Gasteiger partial charge on any atom is 0.168 e. The third-order valence-corrected chi connectivity index (χ3v) is 3.64. The molecule has 98 valence electrons. The fraction of sp³-hybridized carbons (Fsp3) is 0.500. The molecule has 2 rings (SSSR count). The van der Waals surface area contributed by atoms with Gasteiger partial charge >= 0.3 is 0 Å². The molecular weight excluding hydrogens is 224 g/mol. The molecular formula is C16H22O2. The van der Waals surface area contributed by atoms with E-state index in [-0.39, 0.29) is 0 Å². The van der Waals surface area contributed by atoms with Crippen molar-refractivity contribution >= 4 is 6.08 Å². The van der Waals surface area contributed by atoms with E-state index in [0.717, 1.165) is 23.7 Å². The second-order valence-electron chi connectivity index (χ2n) is 4.90. The molecule has 0 aromatic heterocycles. The highest BCUT2D eigenvalue weighted by Crippen LogP contribution is 2.33. The molecule has 2 nitrogen and oxygen atoms in total. The summed E-state index contributed by atoms with van der Waals surface area (Å²) in [4.78, 5) is 0. The normalized spacial score (nSPS) is 16.3. The number of ether oxygens (including phenoxy) is 2. The Morgan fingerprint density at radius 1 is 1.28 bits per heavy atom. The summed E-state index contributed by atoms with van der Waals surface area (Å²) in [6.07, 6.45) is 8.46. The van der Waals surface area contributed by atoms with Gasteiger partial charge in [-0.15, -0.1) is 0 Å². The molecule has 1 saturated carbocycles. The predicted octanol–water partition coefficient (Wildman–Crippen LogP) is 4.30. The zero-order valence-corrected chi connectivity index (χ0v) is 11.2. The van der Waals surface area contributed by atoms with Crippen LogP contribution in [-0.2, 0) is 0 Å². The fourth-order valence-electron chi connectivity index (χ4n) is 2.56. The van der Waals surface area contributed by atoms with Crippen LogP contribution in [0.15, 0.2) is 24.8 Å². The Morgan fingerprint density at radius 3 is 2.72 bits per heavy atom. The van der Waals surface area contributed by atoms with Crippen LogP contribution in [0.3, 0.4) is 0 Å². The van der Waals surface area contributed by atoms with Crippen molar-refractivity contribution in [3.63, 3.8) is 0 Å². The number of benzene rings is 1. The summed E-state index contributed by atoms with van der Waals surface area (Å²) >= 11 is 0. The first-order chi connectivity index (χ1) is 8.85. The van der Waals surface area contributed by atoms with Crippen molar-refractivity contribution in [2.45, 2.75) is 32.1 Å². The first kappa shape index (κ1) is 13.0. The molecule has 2 heteroatoms. The highest BCUT2D eigenvalue weighted by molar-refractivity contribution is 5.61. The van der Waals surface area contributed by atoms with E-state index in [1.807, 2.05) is 24.3 Å². The third kappa shape index (κ3) is 3.06. The lowest BCUT2D eigenvalue weighted by molar-refractivity contribution is 0.202. The van der Waals surface area contributed by atoms with Crippen molar-refractivity contribution in [3.05, 3.63) is 30.3 Å². The largest absolute Gasteiger partial charge is 0.493 e. The molecule has 0 unspecified atom stereocenters. The minimum atomic E-state index is 0.696. The van der Waals surface area contributed by atoms with Gasteiger partial charge in [-0.1, -0.05) is 44.1 Å². The number of hydrogen-bond acceptors (Lipinski definition) is 2. The van der Waals surface area contributed by atoms with Crippen LogP contribution in [0.4, 0.5) is 0 Å². The maximum absolute atomic E-state index is 5.99. The summed E-state index contributed by atoms with van der Waals surface area (Å²) in [6.45, 7) is 4.62. The van der Waals surface area contributed by atoms with E-state index in [0.29, 0.717) is 5.92 Å². The van der Waals surface area contributed by atoms with E-state index in [2.05, 4.69) is 6.58 Å². The van der Waals surface area contributed by atoms with Crippen molar-refractivity contribution in [1.82, 2.24) is 0 Å². The Labute approximate surface area is 110 Å². The quantitative estimate of drug-likeness (QED) is 0.771. The number of rotatable bonds is 5. The lowest BCUT2D eigenvalue weighted by Gasteiger charge is -2.22. The second kappa shape index (κ2) is 6.48. The number of hydrogen-bond donors (Lipinski definition) is 0. The minimum Gasteiger partial charge on any atom is -0.493 e. The molecule has 0 aliphatic heterocycles. The van der Waals surface area contributed by atoms with Crippen molar-refractivity contribution in [3.8, 4) is 11.5 Å². The summed E-state index contributed by atoms with van der Waals surface area (Å²) < 4.78 is 11.3. The van der Waals surface area contributed by atoms with E-state index in [4.69, 9.17) is 9.47 Å². The fourth-order valence-corrected chi connectivity index (χ4v) is 2.56. The molecule has 0 heterocycles. The molecule has 0 atom stereocenters. The highest BCUT2D eigenvalue weighted by atomic mass is 16.5. The highest BCUT2D eigenvalue weighted by Gasteiger charge is 2.16. The van der Waals surface area contributed by atoms with Crippen molar-refractivity contribution < 1.29 is 9.47 Å². The van der Waals surface area contributed by atoms with E-state index >= 15 is 0 Å². The molecule has 0 spiro atoms. The Kier molecular flexibility index (Phi) is 4.68. The molecule has 1 aliphatic carbocycles. The van der Waals surface area contributed by atoms with Gasteiger partial charge in [0.2, 0.25) is 0 Å². The van der Waals surface area contributed by atoms with Gasteiger partial charge < -0.3 is 9.47 Å². The van der Waals surface area contributed by atoms with Crippen LogP contribution in [0.1, 0.15) is 37.7 Å². The lowest BCUT2D eigenvalue weighted by Crippen LogP contribution is -2.15. The van der Waals surface area contributed by atoms with Crippen LogP contribution >= 0.6 is 0 Å². The van der Waals surface area contributed by atoms with Gasteiger partial charge in [-0.25, -0.2) is 0 Å². The summed E-state index contributed by atoms with van der Waals surface area (Å²) in [5.41, 5.74) is 1.00. The van der Waals surface area contributed by atoms with E-state index in [1.165, 1.54) is 32.1 Å². The molecule has 1 aromatic rings. The SMILES string of the molecule is C=Cc1cccc(OC)c1OCC1CCCCC1. The monoisotopic (exact) mass is 246 g/mol. The molecule has 1 fully saturated rings. The average molecular weight is 246 g/mol. The first-order valence-electron chi connectivity index (χ1n) is 6.77. The zero-order valence-electron chi connectivity index (χ0n) is 11.2. The molecule has 0 N–H and O–H groups in total. The summed E-state index contributed by atoms with van der Waals surface area (Å²) in [7, 11) is 1.68. The van der Waals surface area contributed by atoms with Gasteiger partial charge in [-0.3, -0.25) is 0 Å². The molecule has 1 aromatic carbocycles. The Bertz CT molecular complexity index is 392. The first-order valence-corrected chi connectivity index (χ1v) is 6.77. The van der Waals surface area contributed by atoms with Crippen LogP contribution in [0.5, 0.6) is 11.5 Å². The van der Waals surface area contributed by atoms with Gasteiger partial charge in [-0.2, -0.15) is 0 Å². The van der Waals surface area contributed by atoms with Gasteiger partial charge in [-0.05, 0) is 24.8 Å². The summed E-state index contributed by atoms with van der Waals surface area (Å²) in [6, 6.07) is 5.90. The van der Waals surface area contributed by atoms with Crippen LogP contribution in [0, 0.1) is 5.92 Å². The lowest BCUT2D eigenvalue weighted by atomic mass is 9.90. The number of para-hydroxylation sites is 1. The smallest absolute Gasteiger partial charge is 0.168 e. The van der Waals surface area contributed by atoms with Gasteiger partial charge in [0.05, 0.1) is 13.7 Å². The molecule has 0 amide bonds. The molecule has 0 bridgehead atoms. The van der Waals surface area contributed by atoms with E-state index in [9.17, 15) is 0 Å². The molecule has 18 heavy (non-hydrogen) atoms. The molecule has 1 aliphatic rings. The zero-order chi connectivity index (χ0) is 12.8. The Morgan fingerprint density at radius 2 is 2.06 bits per heavy atom. The van der Waals surface area contributed by atoms with Crippen molar-refractivity contribution in [1.29, 1.82) is 0 Å². The van der Waals surface area contributed by atoms with Crippen LogP contribution < -0.4 is 9.47 Å². The van der Waals surface area contributed by atoms with Crippen molar-refractivity contribution in [2.75, 3.05) is 13.7 Å². The summed E-state index contributed by atoms with van der Waals surface area (Å²) in [5.74, 6) is 2.32.